The molecule has 21 heavy (non-hydrogen) atoms. The Labute approximate surface area is 128 Å². The van der Waals surface area contributed by atoms with Crippen molar-refractivity contribution in [2.75, 3.05) is 17.6 Å². The van der Waals surface area contributed by atoms with Crippen LogP contribution in [0.5, 0.6) is 0 Å². The standard InChI is InChI=1S/C15H20N2O3S/c1-10-12(14(18)19)6-4-7-13(10)17-15(20)16-9-11-5-2-3-8-21-11/h4,6-7,11H,2-3,5,8-9H2,1H3,(H,18,19)(H2,16,17,20). The van der Waals surface area contributed by atoms with Crippen LogP contribution in [0.1, 0.15) is 35.2 Å². The van der Waals surface area contributed by atoms with E-state index in [1.165, 1.54) is 18.9 Å². The van der Waals surface area contributed by atoms with Gasteiger partial charge >= 0.3 is 12.0 Å². The molecule has 0 spiro atoms. The van der Waals surface area contributed by atoms with E-state index in [9.17, 15) is 9.59 Å². The van der Waals surface area contributed by atoms with Gasteiger partial charge in [0.25, 0.3) is 0 Å². The van der Waals surface area contributed by atoms with Gasteiger partial charge in [0.15, 0.2) is 0 Å². The molecular weight excluding hydrogens is 288 g/mol. The van der Waals surface area contributed by atoms with E-state index >= 15 is 0 Å². The van der Waals surface area contributed by atoms with Gasteiger partial charge in [0.05, 0.1) is 5.56 Å². The summed E-state index contributed by atoms with van der Waals surface area (Å²) in [6.07, 6.45) is 3.62. The lowest BCUT2D eigenvalue weighted by Gasteiger charge is -2.21. The van der Waals surface area contributed by atoms with Crippen molar-refractivity contribution in [3.05, 3.63) is 29.3 Å². The summed E-state index contributed by atoms with van der Waals surface area (Å²) >= 11 is 1.90. The van der Waals surface area contributed by atoms with Crippen LogP contribution in [0.15, 0.2) is 18.2 Å². The van der Waals surface area contributed by atoms with Gasteiger partial charge in [0.2, 0.25) is 0 Å². The van der Waals surface area contributed by atoms with Crippen molar-refractivity contribution in [2.24, 2.45) is 0 Å². The third-order valence-corrected chi connectivity index (χ3v) is 4.97. The molecule has 1 heterocycles. The van der Waals surface area contributed by atoms with Crippen molar-refractivity contribution in [1.29, 1.82) is 0 Å². The van der Waals surface area contributed by atoms with Gasteiger partial charge in [-0.05, 0) is 43.2 Å². The van der Waals surface area contributed by atoms with Crippen LogP contribution in [0.2, 0.25) is 0 Å². The topological polar surface area (TPSA) is 78.4 Å². The zero-order chi connectivity index (χ0) is 15.2. The second-order valence-corrected chi connectivity index (χ2v) is 6.52. The van der Waals surface area contributed by atoms with Gasteiger partial charge in [-0.25, -0.2) is 9.59 Å². The van der Waals surface area contributed by atoms with Crippen LogP contribution in [-0.2, 0) is 0 Å². The summed E-state index contributed by atoms with van der Waals surface area (Å²) in [7, 11) is 0. The third-order valence-electron chi connectivity index (χ3n) is 3.58. The van der Waals surface area contributed by atoms with Crippen LogP contribution in [0, 0.1) is 6.92 Å². The summed E-state index contributed by atoms with van der Waals surface area (Å²) in [6, 6.07) is 4.57. The molecule has 5 nitrogen and oxygen atoms in total. The molecule has 1 atom stereocenters. The van der Waals surface area contributed by atoms with Crippen molar-refractivity contribution < 1.29 is 14.7 Å². The number of hydrogen-bond acceptors (Lipinski definition) is 3. The van der Waals surface area contributed by atoms with Crippen LogP contribution in [0.3, 0.4) is 0 Å². The molecule has 1 aromatic carbocycles. The average Bonchev–Trinajstić information content (AvgIpc) is 2.48. The number of amides is 2. The van der Waals surface area contributed by atoms with Gasteiger partial charge in [0.1, 0.15) is 0 Å². The smallest absolute Gasteiger partial charge is 0.336 e. The number of anilines is 1. The maximum Gasteiger partial charge on any atom is 0.336 e. The first-order chi connectivity index (χ1) is 10.1. The molecule has 6 heteroatoms. The average molecular weight is 308 g/mol. The van der Waals surface area contributed by atoms with E-state index in [0.29, 0.717) is 23.0 Å². The first-order valence-electron chi connectivity index (χ1n) is 7.07. The summed E-state index contributed by atoms with van der Waals surface area (Å²) in [5.74, 6) is 0.170. The summed E-state index contributed by atoms with van der Waals surface area (Å²) in [5, 5.41) is 15.1. The molecule has 1 unspecified atom stereocenters. The predicted octanol–water partition coefficient (Wildman–Crippen LogP) is 3.10. The Balaban J connectivity index is 1.90. The Bertz CT molecular complexity index is 528. The Kier molecular flexibility index (Phi) is 5.50. The first kappa shape index (κ1) is 15.7. The second kappa shape index (κ2) is 7.36. The maximum absolute atomic E-state index is 11.9. The zero-order valence-electron chi connectivity index (χ0n) is 12.0. The lowest BCUT2D eigenvalue weighted by atomic mass is 10.1. The van der Waals surface area contributed by atoms with E-state index in [1.54, 1.807) is 19.1 Å². The number of carbonyl (C=O) groups excluding carboxylic acids is 1. The maximum atomic E-state index is 11.9. The van der Waals surface area contributed by atoms with Gasteiger partial charge in [-0.2, -0.15) is 11.8 Å². The van der Waals surface area contributed by atoms with Gasteiger partial charge in [-0.15, -0.1) is 0 Å². The predicted molar refractivity (Wildman–Crippen MR) is 85.3 cm³/mol. The highest BCUT2D eigenvalue weighted by Crippen LogP contribution is 2.24. The third kappa shape index (κ3) is 4.39. The number of carboxylic acid groups (broad SMARTS) is 1. The van der Waals surface area contributed by atoms with Gasteiger partial charge in [0, 0.05) is 17.5 Å². The molecule has 2 rings (SSSR count). The Morgan fingerprint density at radius 2 is 2.19 bits per heavy atom. The van der Waals surface area contributed by atoms with Crippen LogP contribution in [0.4, 0.5) is 10.5 Å². The van der Waals surface area contributed by atoms with E-state index in [1.807, 2.05) is 11.8 Å². The molecule has 0 saturated carbocycles. The first-order valence-corrected chi connectivity index (χ1v) is 8.12. The molecule has 3 N–H and O–H groups in total. The summed E-state index contributed by atoms with van der Waals surface area (Å²) in [4.78, 5) is 23.0. The molecule has 1 saturated heterocycles. The summed E-state index contributed by atoms with van der Waals surface area (Å²) in [5.41, 5.74) is 1.30. The molecule has 2 amide bonds. The van der Waals surface area contributed by atoms with Crippen LogP contribution in [0.25, 0.3) is 0 Å². The highest BCUT2D eigenvalue weighted by molar-refractivity contribution is 7.99. The van der Waals surface area contributed by atoms with Gasteiger partial charge < -0.3 is 15.7 Å². The molecule has 0 aliphatic carbocycles. The monoisotopic (exact) mass is 308 g/mol. The number of nitrogens with one attached hydrogen (secondary N) is 2. The quantitative estimate of drug-likeness (QED) is 0.798. The Morgan fingerprint density at radius 3 is 2.86 bits per heavy atom. The number of carbonyl (C=O) groups is 2. The van der Waals surface area contributed by atoms with Crippen molar-refractivity contribution in [1.82, 2.24) is 5.32 Å². The minimum absolute atomic E-state index is 0.204. The van der Waals surface area contributed by atoms with Crippen LogP contribution in [-0.4, -0.2) is 34.7 Å². The fourth-order valence-electron chi connectivity index (χ4n) is 2.34. The van der Waals surface area contributed by atoms with Crippen molar-refractivity contribution in [3.8, 4) is 0 Å². The zero-order valence-corrected chi connectivity index (χ0v) is 12.8. The minimum atomic E-state index is -0.991. The molecule has 1 aliphatic heterocycles. The normalized spacial score (nSPS) is 18.0. The highest BCUT2D eigenvalue weighted by Gasteiger charge is 2.16. The summed E-state index contributed by atoms with van der Waals surface area (Å²) in [6.45, 7) is 2.34. The Morgan fingerprint density at radius 1 is 1.38 bits per heavy atom. The van der Waals surface area contributed by atoms with Gasteiger partial charge in [-0.3, -0.25) is 0 Å². The molecular formula is C15H20N2O3S. The largest absolute Gasteiger partial charge is 0.478 e. The molecule has 0 radical (unpaired) electrons. The van der Waals surface area contributed by atoms with E-state index in [4.69, 9.17) is 5.11 Å². The minimum Gasteiger partial charge on any atom is -0.478 e. The van der Waals surface area contributed by atoms with Crippen molar-refractivity contribution >= 4 is 29.4 Å². The van der Waals surface area contributed by atoms with E-state index < -0.39 is 5.97 Å². The van der Waals surface area contributed by atoms with Crippen LogP contribution >= 0.6 is 11.8 Å². The number of aromatic carboxylic acids is 1. The SMILES string of the molecule is Cc1c(NC(=O)NCC2CCCCS2)cccc1C(=O)O. The summed E-state index contributed by atoms with van der Waals surface area (Å²) < 4.78 is 0. The molecule has 114 valence electrons. The molecule has 0 bridgehead atoms. The number of carboxylic acids is 1. The number of urea groups is 1. The highest BCUT2D eigenvalue weighted by atomic mass is 32.2. The number of rotatable bonds is 4. The molecule has 0 aromatic heterocycles. The lowest BCUT2D eigenvalue weighted by molar-refractivity contribution is 0.0696. The fraction of sp³-hybridized carbons (Fsp3) is 0.467. The second-order valence-electron chi connectivity index (χ2n) is 5.11. The van der Waals surface area contributed by atoms with E-state index in [0.717, 1.165) is 12.2 Å². The fourth-order valence-corrected chi connectivity index (χ4v) is 3.58. The molecule has 1 aromatic rings. The Hall–Kier alpha value is -1.69. The number of hydrogen-bond donors (Lipinski definition) is 3. The van der Waals surface area contributed by atoms with Crippen LogP contribution < -0.4 is 10.6 Å². The molecule has 1 fully saturated rings. The van der Waals surface area contributed by atoms with E-state index in [-0.39, 0.29) is 11.6 Å². The molecule has 1 aliphatic rings. The van der Waals surface area contributed by atoms with Crippen molar-refractivity contribution in [3.63, 3.8) is 0 Å². The van der Waals surface area contributed by atoms with Crippen molar-refractivity contribution in [2.45, 2.75) is 31.4 Å². The lowest BCUT2D eigenvalue weighted by Crippen LogP contribution is -2.35. The van der Waals surface area contributed by atoms with Gasteiger partial charge in [-0.1, -0.05) is 12.5 Å². The number of thioether (sulfide) groups is 1. The number of benzene rings is 1. The van der Waals surface area contributed by atoms with E-state index in [2.05, 4.69) is 10.6 Å².